The highest BCUT2D eigenvalue weighted by Crippen LogP contribution is 2.14. The number of fused-ring (bicyclic) bond motifs is 1. The highest BCUT2D eigenvalue weighted by molar-refractivity contribution is 6.01. The Labute approximate surface area is 129 Å². The maximum absolute atomic E-state index is 12.2. The maximum atomic E-state index is 12.2. The molecule has 0 saturated carbocycles. The summed E-state index contributed by atoms with van der Waals surface area (Å²) in [5, 5.41) is 9.22. The number of nitrogens with zero attached hydrogens (tertiary/aromatic N) is 2. The molecule has 0 amide bonds. The predicted octanol–water partition coefficient (Wildman–Crippen LogP) is 1.14. The summed E-state index contributed by atoms with van der Waals surface area (Å²) in [5.41, 5.74) is -0.222. The van der Waals surface area contributed by atoms with Crippen molar-refractivity contribution < 1.29 is 9.90 Å². The Morgan fingerprint density at radius 3 is 2.61 bits per heavy atom. The number of aromatic amines is 1. The van der Waals surface area contributed by atoms with Gasteiger partial charge in [-0.15, -0.1) is 0 Å². The van der Waals surface area contributed by atoms with Crippen molar-refractivity contribution >= 4 is 17.0 Å². The van der Waals surface area contributed by atoms with Gasteiger partial charge in [0, 0.05) is 5.69 Å². The van der Waals surface area contributed by atoms with Crippen LogP contribution >= 0.6 is 0 Å². The fourth-order valence-corrected chi connectivity index (χ4v) is 2.48. The average molecular weight is 311 g/mol. The summed E-state index contributed by atoms with van der Waals surface area (Å²) in [6.07, 6.45) is 0. The number of nitrogens with one attached hydrogen (secondary N) is 1. The molecule has 0 fully saturated rings. The standard InChI is InChI=1S/C16H13N3O4/c1-9-7-11(15(21)22)12-13(17-9)19(16(23)18-14(12)20)8-10-5-3-2-4-6-10/h2-7H,8H2,1H3,(H,21,22)(H,18,20,23). The highest BCUT2D eigenvalue weighted by atomic mass is 16.4. The third kappa shape index (κ3) is 2.64. The van der Waals surface area contributed by atoms with E-state index in [1.165, 1.54) is 10.6 Å². The summed E-state index contributed by atoms with van der Waals surface area (Å²) >= 11 is 0. The Balaban J connectivity index is 2.36. The van der Waals surface area contributed by atoms with Gasteiger partial charge in [0.1, 0.15) is 0 Å². The molecule has 2 heterocycles. The lowest BCUT2D eigenvalue weighted by Crippen LogP contribution is -2.32. The molecule has 116 valence electrons. The lowest BCUT2D eigenvalue weighted by atomic mass is 10.1. The minimum Gasteiger partial charge on any atom is -0.478 e. The minimum absolute atomic E-state index is 0.0694. The number of rotatable bonds is 3. The summed E-state index contributed by atoms with van der Waals surface area (Å²) in [5.74, 6) is -1.24. The molecule has 0 radical (unpaired) electrons. The van der Waals surface area contributed by atoms with Crippen LogP contribution in [0.15, 0.2) is 46.0 Å². The summed E-state index contributed by atoms with van der Waals surface area (Å²) < 4.78 is 1.27. The largest absolute Gasteiger partial charge is 0.478 e. The molecule has 0 aliphatic heterocycles. The summed E-state index contributed by atoms with van der Waals surface area (Å²) in [7, 11) is 0. The second kappa shape index (κ2) is 5.53. The fraction of sp³-hybridized carbons (Fsp3) is 0.125. The zero-order valence-electron chi connectivity index (χ0n) is 12.2. The van der Waals surface area contributed by atoms with E-state index in [1.54, 1.807) is 6.92 Å². The minimum atomic E-state index is -1.24. The van der Waals surface area contributed by atoms with Gasteiger partial charge < -0.3 is 5.11 Å². The molecule has 7 nitrogen and oxygen atoms in total. The first-order valence-electron chi connectivity index (χ1n) is 6.89. The number of carbonyl (C=O) groups is 1. The Morgan fingerprint density at radius 2 is 1.96 bits per heavy atom. The molecule has 7 heteroatoms. The summed E-state index contributed by atoms with van der Waals surface area (Å²) in [6.45, 7) is 1.80. The van der Waals surface area contributed by atoms with E-state index >= 15 is 0 Å². The van der Waals surface area contributed by atoms with Gasteiger partial charge in [-0.2, -0.15) is 0 Å². The number of hydrogen-bond donors (Lipinski definition) is 2. The van der Waals surface area contributed by atoms with Crippen molar-refractivity contribution in [2.45, 2.75) is 13.5 Å². The van der Waals surface area contributed by atoms with Gasteiger partial charge in [-0.05, 0) is 18.6 Å². The monoisotopic (exact) mass is 311 g/mol. The zero-order chi connectivity index (χ0) is 16.6. The van der Waals surface area contributed by atoms with Crippen molar-refractivity contribution in [2.24, 2.45) is 0 Å². The number of aromatic carboxylic acids is 1. The molecular weight excluding hydrogens is 298 g/mol. The molecule has 2 N–H and O–H groups in total. The quantitative estimate of drug-likeness (QED) is 0.754. The second-order valence-electron chi connectivity index (χ2n) is 5.15. The topological polar surface area (TPSA) is 105 Å². The third-order valence-electron chi connectivity index (χ3n) is 3.49. The normalized spacial score (nSPS) is 10.8. The molecule has 0 atom stereocenters. The van der Waals surface area contributed by atoms with Crippen LogP contribution in [0.1, 0.15) is 21.6 Å². The van der Waals surface area contributed by atoms with Crippen LogP contribution in [0.2, 0.25) is 0 Å². The molecule has 1 aromatic carbocycles. The van der Waals surface area contributed by atoms with E-state index in [0.29, 0.717) is 5.69 Å². The zero-order valence-corrected chi connectivity index (χ0v) is 12.2. The van der Waals surface area contributed by atoms with Crippen LogP contribution < -0.4 is 11.2 Å². The smallest absolute Gasteiger partial charge is 0.336 e. The second-order valence-corrected chi connectivity index (χ2v) is 5.15. The molecule has 0 spiro atoms. The molecule has 0 bridgehead atoms. The van der Waals surface area contributed by atoms with E-state index in [1.807, 2.05) is 30.3 Å². The van der Waals surface area contributed by atoms with Gasteiger partial charge in [-0.25, -0.2) is 14.6 Å². The first-order valence-corrected chi connectivity index (χ1v) is 6.89. The Hall–Kier alpha value is -3.22. The van der Waals surface area contributed by atoms with Crippen LogP contribution in [0.4, 0.5) is 0 Å². The first kappa shape index (κ1) is 14.7. The van der Waals surface area contributed by atoms with Gasteiger partial charge in [0.05, 0.1) is 17.5 Å². The van der Waals surface area contributed by atoms with Gasteiger partial charge in [-0.3, -0.25) is 14.3 Å². The van der Waals surface area contributed by atoms with Crippen LogP contribution in [0.3, 0.4) is 0 Å². The molecule has 3 rings (SSSR count). The number of aromatic nitrogens is 3. The van der Waals surface area contributed by atoms with Gasteiger partial charge >= 0.3 is 11.7 Å². The average Bonchev–Trinajstić information content (AvgIpc) is 2.51. The van der Waals surface area contributed by atoms with Crippen molar-refractivity contribution in [1.82, 2.24) is 14.5 Å². The third-order valence-corrected chi connectivity index (χ3v) is 3.49. The van der Waals surface area contributed by atoms with Crippen molar-refractivity contribution in [2.75, 3.05) is 0 Å². The highest BCUT2D eigenvalue weighted by Gasteiger charge is 2.18. The molecule has 0 aliphatic rings. The van der Waals surface area contributed by atoms with Gasteiger partial charge in [0.2, 0.25) is 0 Å². The number of carboxylic acids is 1. The van der Waals surface area contributed by atoms with Crippen LogP contribution in [-0.2, 0) is 6.54 Å². The lowest BCUT2D eigenvalue weighted by Gasteiger charge is -2.11. The molecule has 3 aromatic rings. The number of aryl methyl sites for hydroxylation is 1. The van der Waals surface area contributed by atoms with Crippen molar-refractivity contribution in [3.05, 3.63) is 74.1 Å². The first-order chi connectivity index (χ1) is 11.0. The van der Waals surface area contributed by atoms with Crippen molar-refractivity contribution in [1.29, 1.82) is 0 Å². The van der Waals surface area contributed by atoms with Crippen LogP contribution in [0, 0.1) is 6.92 Å². The maximum Gasteiger partial charge on any atom is 0.336 e. The van der Waals surface area contributed by atoms with E-state index < -0.39 is 17.2 Å². The molecular formula is C16H13N3O4. The van der Waals surface area contributed by atoms with Gasteiger partial charge in [0.15, 0.2) is 5.65 Å². The molecule has 23 heavy (non-hydrogen) atoms. The Morgan fingerprint density at radius 1 is 1.26 bits per heavy atom. The van der Waals surface area contributed by atoms with Crippen LogP contribution in [0.5, 0.6) is 0 Å². The van der Waals surface area contributed by atoms with E-state index in [9.17, 15) is 19.5 Å². The van der Waals surface area contributed by atoms with E-state index in [2.05, 4.69) is 9.97 Å². The SMILES string of the molecule is Cc1cc(C(=O)O)c2c(=O)[nH]c(=O)n(Cc3ccccc3)c2n1. The van der Waals surface area contributed by atoms with Crippen LogP contribution in [0.25, 0.3) is 11.0 Å². The number of H-pyrrole nitrogens is 1. The Kier molecular flexibility index (Phi) is 3.53. The summed E-state index contributed by atoms with van der Waals surface area (Å²) in [6, 6.07) is 10.5. The molecule has 0 unspecified atom stereocenters. The van der Waals surface area contributed by atoms with Crippen molar-refractivity contribution in [3.63, 3.8) is 0 Å². The van der Waals surface area contributed by atoms with Gasteiger partial charge in [-0.1, -0.05) is 30.3 Å². The Bertz CT molecular complexity index is 1020. The number of pyridine rings is 1. The van der Waals surface area contributed by atoms with Gasteiger partial charge in [0.25, 0.3) is 5.56 Å². The summed E-state index contributed by atoms with van der Waals surface area (Å²) in [4.78, 5) is 42.0. The molecule has 2 aromatic heterocycles. The van der Waals surface area contributed by atoms with E-state index in [-0.39, 0.29) is 23.1 Å². The number of carboxylic acid groups (broad SMARTS) is 1. The fourth-order valence-electron chi connectivity index (χ4n) is 2.48. The van der Waals surface area contributed by atoms with E-state index in [4.69, 9.17) is 0 Å². The number of benzene rings is 1. The molecule has 0 aliphatic carbocycles. The lowest BCUT2D eigenvalue weighted by molar-refractivity contribution is 0.0698. The predicted molar refractivity (Wildman–Crippen MR) is 83.9 cm³/mol. The van der Waals surface area contributed by atoms with Crippen LogP contribution in [-0.4, -0.2) is 25.6 Å². The number of hydrogen-bond acceptors (Lipinski definition) is 4. The van der Waals surface area contributed by atoms with E-state index in [0.717, 1.165) is 5.56 Å². The van der Waals surface area contributed by atoms with Crippen molar-refractivity contribution in [3.8, 4) is 0 Å². The molecule has 0 saturated heterocycles.